The van der Waals surface area contributed by atoms with Crippen LogP contribution in [0.25, 0.3) is 0 Å². The minimum Gasteiger partial charge on any atom is -0.504 e. The van der Waals surface area contributed by atoms with Gasteiger partial charge in [-0.15, -0.1) is 6.42 Å². The summed E-state index contributed by atoms with van der Waals surface area (Å²) >= 11 is 0. The predicted molar refractivity (Wildman–Crippen MR) is 60.5 cm³/mol. The average Bonchev–Trinajstić information content (AvgIpc) is 2.29. The lowest BCUT2D eigenvalue weighted by Crippen LogP contribution is -2.27. The maximum atomic E-state index is 11.8. The number of phenolic OH excluding ortho intramolecular Hbond substituents is 1. The van der Waals surface area contributed by atoms with Gasteiger partial charge in [0.05, 0.1) is 19.2 Å². The van der Waals surface area contributed by atoms with E-state index in [4.69, 9.17) is 11.2 Å². The normalized spacial score (nSPS) is 9.31. The first-order valence-corrected chi connectivity index (χ1v) is 4.66. The highest BCUT2D eigenvalue weighted by Gasteiger charge is 2.17. The van der Waals surface area contributed by atoms with Crippen LogP contribution >= 0.6 is 0 Å². The molecular weight excluding hydrogens is 206 g/mol. The van der Waals surface area contributed by atoms with Gasteiger partial charge in [-0.05, 0) is 12.1 Å². The van der Waals surface area contributed by atoms with Crippen molar-refractivity contribution < 1.29 is 14.6 Å². The van der Waals surface area contributed by atoms with Crippen LogP contribution in [-0.2, 0) is 0 Å². The largest absolute Gasteiger partial charge is 0.504 e. The van der Waals surface area contributed by atoms with E-state index in [0.29, 0.717) is 0 Å². The molecule has 1 N–H and O–H groups in total. The predicted octanol–water partition coefficient (Wildman–Crippen LogP) is 1.11. The molecular formula is C12H13NO3. The van der Waals surface area contributed by atoms with E-state index in [1.54, 1.807) is 19.2 Å². The molecule has 0 aliphatic carbocycles. The number of carbonyl (C=O) groups excluding carboxylic acids is 1. The third-order valence-electron chi connectivity index (χ3n) is 2.12. The summed E-state index contributed by atoms with van der Waals surface area (Å²) in [6.07, 6.45) is 5.11. The summed E-state index contributed by atoms with van der Waals surface area (Å²) < 4.78 is 4.91. The van der Waals surface area contributed by atoms with Gasteiger partial charge < -0.3 is 14.7 Å². The van der Waals surface area contributed by atoms with Gasteiger partial charge in [-0.1, -0.05) is 12.0 Å². The lowest BCUT2D eigenvalue weighted by Gasteiger charge is -2.15. The summed E-state index contributed by atoms with van der Waals surface area (Å²) in [5.41, 5.74) is 0.178. The minimum atomic E-state index is -0.339. The van der Waals surface area contributed by atoms with E-state index in [1.165, 1.54) is 18.1 Å². The quantitative estimate of drug-likeness (QED) is 0.775. The van der Waals surface area contributed by atoms with Crippen molar-refractivity contribution in [2.45, 2.75) is 0 Å². The monoisotopic (exact) mass is 219 g/mol. The number of benzene rings is 1. The van der Waals surface area contributed by atoms with Gasteiger partial charge in [-0.25, -0.2) is 0 Å². The maximum Gasteiger partial charge on any atom is 0.258 e. The first kappa shape index (κ1) is 11.9. The van der Waals surface area contributed by atoms with Crippen molar-refractivity contribution in [1.29, 1.82) is 0 Å². The second kappa shape index (κ2) is 5.08. The lowest BCUT2D eigenvalue weighted by molar-refractivity contribution is 0.0809. The van der Waals surface area contributed by atoms with E-state index >= 15 is 0 Å². The molecule has 0 aliphatic rings. The Morgan fingerprint density at radius 2 is 2.31 bits per heavy atom. The van der Waals surface area contributed by atoms with Crippen LogP contribution in [0, 0.1) is 12.3 Å². The van der Waals surface area contributed by atoms with Crippen molar-refractivity contribution in [3.8, 4) is 23.8 Å². The Balaban J connectivity index is 3.05. The van der Waals surface area contributed by atoms with Gasteiger partial charge in [0.15, 0.2) is 11.5 Å². The summed E-state index contributed by atoms with van der Waals surface area (Å²) in [7, 11) is 3.00. The Bertz CT molecular complexity index is 434. The maximum absolute atomic E-state index is 11.8. The molecule has 0 atom stereocenters. The van der Waals surface area contributed by atoms with Gasteiger partial charge in [0.25, 0.3) is 5.91 Å². The van der Waals surface area contributed by atoms with Crippen LogP contribution in [0.15, 0.2) is 18.2 Å². The van der Waals surface area contributed by atoms with Crippen LogP contribution in [0.1, 0.15) is 10.4 Å². The van der Waals surface area contributed by atoms with Crippen LogP contribution in [0.3, 0.4) is 0 Å². The number of carbonyl (C=O) groups is 1. The number of amides is 1. The Kier molecular flexibility index (Phi) is 3.78. The molecule has 0 fully saturated rings. The Morgan fingerprint density at radius 3 is 2.88 bits per heavy atom. The number of ether oxygens (including phenoxy) is 1. The van der Waals surface area contributed by atoms with Crippen LogP contribution < -0.4 is 4.74 Å². The molecule has 1 amide bonds. The van der Waals surface area contributed by atoms with Crippen LogP contribution in [-0.4, -0.2) is 36.6 Å². The number of methoxy groups -OCH3 is 1. The number of nitrogens with zero attached hydrogens (tertiary/aromatic N) is 1. The Labute approximate surface area is 94.4 Å². The minimum absolute atomic E-state index is 0.168. The van der Waals surface area contributed by atoms with E-state index in [-0.39, 0.29) is 29.5 Å². The topological polar surface area (TPSA) is 49.8 Å². The smallest absolute Gasteiger partial charge is 0.258 e. The molecule has 0 bridgehead atoms. The third-order valence-corrected chi connectivity index (χ3v) is 2.12. The molecule has 0 unspecified atom stereocenters. The number of aromatic hydroxyl groups is 1. The number of rotatable bonds is 3. The van der Waals surface area contributed by atoms with Crippen molar-refractivity contribution >= 4 is 5.91 Å². The van der Waals surface area contributed by atoms with Gasteiger partial charge in [-0.2, -0.15) is 0 Å². The lowest BCUT2D eigenvalue weighted by atomic mass is 10.1. The molecule has 0 heterocycles. The number of para-hydroxylation sites is 1. The van der Waals surface area contributed by atoms with Crippen molar-refractivity contribution in [3.05, 3.63) is 23.8 Å². The van der Waals surface area contributed by atoms with Gasteiger partial charge in [0, 0.05) is 7.05 Å². The highest BCUT2D eigenvalue weighted by molar-refractivity contribution is 5.97. The number of hydrogen-bond donors (Lipinski definition) is 1. The summed E-state index contributed by atoms with van der Waals surface area (Å²) in [5, 5.41) is 9.75. The zero-order chi connectivity index (χ0) is 12.1. The first-order valence-electron chi connectivity index (χ1n) is 4.66. The molecule has 1 aromatic carbocycles. The summed E-state index contributed by atoms with van der Waals surface area (Å²) in [6.45, 7) is 0.190. The van der Waals surface area contributed by atoms with Gasteiger partial charge in [0.1, 0.15) is 0 Å². The molecule has 0 aliphatic heterocycles. The van der Waals surface area contributed by atoms with Crippen LogP contribution in [0.5, 0.6) is 11.5 Å². The fraction of sp³-hybridized carbons (Fsp3) is 0.250. The highest BCUT2D eigenvalue weighted by atomic mass is 16.5. The van der Waals surface area contributed by atoms with E-state index in [1.807, 2.05) is 0 Å². The highest BCUT2D eigenvalue weighted by Crippen LogP contribution is 2.29. The summed E-state index contributed by atoms with van der Waals surface area (Å²) in [5.74, 6) is 2.12. The zero-order valence-electron chi connectivity index (χ0n) is 9.23. The van der Waals surface area contributed by atoms with Crippen LogP contribution in [0.2, 0.25) is 0 Å². The molecule has 4 nitrogen and oxygen atoms in total. The summed E-state index contributed by atoms with van der Waals surface area (Å²) in [4.78, 5) is 13.2. The first-order chi connectivity index (χ1) is 7.61. The Hall–Kier alpha value is -2.15. The SMILES string of the molecule is C#CCN(C)C(=O)c1cccc(OC)c1O. The molecule has 1 rings (SSSR count). The second-order valence-electron chi connectivity index (χ2n) is 3.22. The molecule has 0 spiro atoms. The van der Waals surface area contributed by atoms with Crippen molar-refractivity contribution in [2.75, 3.05) is 20.7 Å². The van der Waals surface area contributed by atoms with Gasteiger partial charge >= 0.3 is 0 Å². The molecule has 16 heavy (non-hydrogen) atoms. The van der Waals surface area contributed by atoms with Crippen LogP contribution in [0.4, 0.5) is 0 Å². The molecule has 0 saturated carbocycles. The summed E-state index contributed by atoms with van der Waals surface area (Å²) in [6, 6.07) is 4.73. The fourth-order valence-corrected chi connectivity index (χ4v) is 1.27. The number of terminal acetylenes is 1. The molecule has 4 heteroatoms. The van der Waals surface area contributed by atoms with E-state index in [2.05, 4.69) is 5.92 Å². The third kappa shape index (κ3) is 2.26. The molecule has 84 valence electrons. The van der Waals surface area contributed by atoms with Gasteiger partial charge in [-0.3, -0.25) is 4.79 Å². The van der Waals surface area contributed by atoms with Crippen molar-refractivity contribution in [2.24, 2.45) is 0 Å². The zero-order valence-corrected chi connectivity index (χ0v) is 9.23. The van der Waals surface area contributed by atoms with E-state index in [0.717, 1.165) is 0 Å². The number of phenols is 1. The van der Waals surface area contributed by atoms with E-state index < -0.39 is 0 Å². The molecule has 0 aromatic heterocycles. The standard InChI is InChI=1S/C12H13NO3/c1-4-8-13(2)12(15)9-6-5-7-10(16-3)11(9)14/h1,5-7,14H,8H2,2-3H3. The fourth-order valence-electron chi connectivity index (χ4n) is 1.27. The molecule has 1 aromatic rings. The molecule has 0 radical (unpaired) electrons. The van der Waals surface area contributed by atoms with Gasteiger partial charge in [0.2, 0.25) is 0 Å². The average molecular weight is 219 g/mol. The van der Waals surface area contributed by atoms with E-state index in [9.17, 15) is 9.90 Å². The van der Waals surface area contributed by atoms with Crippen molar-refractivity contribution in [3.63, 3.8) is 0 Å². The molecule has 0 saturated heterocycles. The second-order valence-corrected chi connectivity index (χ2v) is 3.22. The Morgan fingerprint density at radius 1 is 1.62 bits per heavy atom. The number of hydrogen-bond acceptors (Lipinski definition) is 3. The van der Waals surface area contributed by atoms with Crippen molar-refractivity contribution in [1.82, 2.24) is 4.90 Å².